The summed E-state index contributed by atoms with van der Waals surface area (Å²) in [5, 5.41) is 3.17. The number of carbonyl (C=O) groups is 1. The fourth-order valence-electron chi connectivity index (χ4n) is 2.26. The van der Waals surface area contributed by atoms with E-state index in [-0.39, 0.29) is 18.0 Å². The first-order chi connectivity index (χ1) is 8.50. The van der Waals surface area contributed by atoms with Crippen molar-refractivity contribution in [2.75, 3.05) is 19.6 Å². The molecule has 100 valence electrons. The maximum atomic E-state index is 11.5. The highest BCUT2D eigenvalue weighted by atomic mass is 35.5. The van der Waals surface area contributed by atoms with E-state index in [4.69, 9.17) is 28.9 Å². The molecular weight excluding hydrogens is 293 g/mol. The number of rotatable bonds is 3. The summed E-state index contributed by atoms with van der Waals surface area (Å²) >= 11 is 13.5. The van der Waals surface area contributed by atoms with Gasteiger partial charge in [-0.05, 0) is 13.0 Å². The number of carbonyl (C=O) groups excluding carboxylic acids is 1. The predicted molar refractivity (Wildman–Crippen MR) is 75.3 cm³/mol. The van der Waals surface area contributed by atoms with Crippen LogP contribution >= 0.6 is 34.5 Å². The largest absolute Gasteiger partial charge is 0.368 e. The Morgan fingerprint density at radius 3 is 2.94 bits per heavy atom. The molecule has 0 spiro atoms. The van der Waals surface area contributed by atoms with Crippen LogP contribution < -0.4 is 11.1 Å². The second kappa shape index (κ2) is 5.75. The van der Waals surface area contributed by atoms with Crippen LogP contribution in [0.5, 0.6) is 0 Å². The van der Waals surface area contributed by atoms with Crippen molar-refractivity contribution >= 4 is 40.4 Å². The number of primary amides is 1. The van der Waals surface area contributed by atoms with E-state index in [2.05, 4.69) is 10.2 Å². The lowest BCUT2D eigenvalue weighted by Crippen LogP contribution is -2.57. The topological polar surface area (TPSA) is 58.4 Å². The number of nitrogens with one attached hydrogen (secondary N) is 1. The number of nitrogens with zero attached hydrogens (tertiary/aromatic N) is 1. The summed E-state index contributed by atoms with van der Waals surface area (Å²) < 4.78 is 1.34. The van der Waals surface area contributed by atoms with Gasteiger partial charge >= 0.3 is 0 Å². The van der Waals surface area contributed by atoms with Gasteiger partial charge in [0, 0.05) is 31.2 Å². The Labute approximate surface area is 120 Å². The molecule has 1 aliphatic heterocycles. The average molecular weight is 308 g/mol. The second-order valence-electron chi connectivity index (χ2n) is 4.32. The van der Waals surface area contributed by atoms with Crippen molar-refractivity contribution in [3.05, 3.63) is 20.3 Å². The monoisotopic (exact) mass is 307 g/mol. The molecule has 18 heavy (non-hydrogen) atoms. The van der Waals surface area contributed by atoms with Crippen molar-refractivity contribution in [3.63, 3.8) is 0 Å². The van der Waals surface area contributed by atoms with Gasteiger partial charge in [-0.15, -0.1) is 11.3 Å². The number of hydrogen-bond acceptors (Lipinski definition) is 4. The Bertz CT molecular complexity index is 451. The van der Waals surface area contributed by atoms with Crippen LogP contribution in [0.3, 0.4) is 0 Å². The Morgan fingerprint density at radius 1 is 1.67 bits per heavy atom. The van der Waals surface area contributed by atoms with Gasteiger partial charge in [0.05, 0.1) is 8.67 Å². The zero-order valence-electron chi connectivity index (χ0n) is 9.95. The van der Waals surface area contributed by atoms with Crippen LogP contribution in [0.2, 0.25) is 8.67 Å². The van der Waals surface area contributed by atoms with E-state index in [1.807, 2.05) is 13.0 Å². The number of piperazine rings is 1. The van der Waals surface area contributed by atoms with E-state index in [1.54, 1.807) is 0 Å². The van der Waals surface area contributed by atoms with Gasteiger partial charge in [0.2, 0.25) is 5.91 Å². The lowest BCUT2D eigenvalue weighted by molar-refractivity contribution is -0.124. The zero-order valence-corrected chi connectivity index (χ0v) is 12.3. The number of nitrogens with two attached hydrogens (primary N) is 1. The molecule has 0 bridgehead atoms. The van der Waals surface area contributed by atoms with Gasteiger partial charge in [0.25, 0.3) is 0 Å². The van der Waals surface area contributed by atoms with E-state index in [0.717, 1.165) is 18.7 Å². The third-order valence-corrected chi connectivity index (χ3v) is 4.76. The van der Waals surface area contributed by atoms with Crippen molar-refractivity contribution < 1.29 is 4.79 Å². The standard InChI is InChI=1S/C11H15Cl2N3OS/c1-6(7-4-9(12)18-10(7)13)16-3-2-15-5-8(16)11(14)17/h4,6,8,15H,2-3,5H2,1H3,(H2,14,17). The third-order valence-electron chi connectivity index (χ3n) is 3.24. The van der Waals surface area contributed by atoms with Gasteiger partial charge in [0.1, 0.15) is 6.04 Å². The van der Waals surface area contributed by atoms with E-state index < -0.39 is 0 Å². The van der Waals surface area contributed by atoms with E-state index >= 15 is 0 Å². The fourth-order valence-corrected chi connectivity index (χ4v) is 3.90. The SMILES string of the molecule is CC(c1cc(Cl)sc1Cl)N1CCNCC1C(N)=O. The molecule has 0 radical (unpaired) electrons. The quantitative estimate of drug-likeness (QED) is 0.896. The minimum absolute atomic E-state index is 0.0286. The lowest BCUT2D eigenvalue weighted by atomic mass is 10.1. The molecule has 1 aromatic rings. The molecule has 1 fully saturated rings. The molecular formula is C11H15Cl2N3OS. The molecule has 3 N–H and O–H groups in total. The van der Waals surface area contributed by atoms with E-state index in [1.165, 1.54) is 11.3 Å². The van der Waals surface area contributed by atoms with Crippen molar-refractivity contribution in [1.82, 2.24) is 10.2 Å². The normalized spacial score (nSPS) is 22.9. The molecule has 0 saturated carbocycles. The first-order valence-corrected chi connectivity index (χ1v) is 7.28. The van der Waals surface area contributed by atoms with Gasteiger partial charge in [-0.3, -0.25) is 9.69 Å². The zero-order chi connectivity index (χ0) is 13.3. The van der Waals surface area contributed by atoms with Crippen LogP contribution in [0, 0.1) is 0 Å². The van der Waals surface area contributed by atoms with E-state index in [9.17, 15) is 4.79 Å². The summed E-state index contributed by atoms with van der Waals surface area (Å²) in [6.45, 7) is 4.20. The minimum atomic E-state index is -0.313. The van der Waals surface area contributed by atoms with Crippen molar-refractivity contribution in [1.29, 1.82) is 0 Å². The summed E-state index contributed by atoms with van der Waals surface area (Å²) in [6.07, 6.45) is 0. The molecule has 7 heteroatoms. The Kier molecular flexibility index (Phi) is 4.50. The highest BCUT2D eigenvalue weighted by Gasteiger charge is 2.32. The van der Waals surface area contributed by atoms with E-state index in [0.29, 0.717) is 15.2 Å². The molecule has 1 amide bonds. The second-order valence-corrected chi connectivity index (χ2v) is 6.60. The molecule has 4 nitrogen and oxygen atoms in total. The number of halogens is 2. The maximum Gasteiger partial charge on any atom is 0.236 e. The van der Waals surface area contributed by atoms with Crippen LogP contribution in [0.25, 0.3) is 0 Å². The van der Waals surface area contributed by atoms with Crippen LogP contribution in [0.4, 0.5) is 0 Å². The van der Waals surface area contributed by atoms with Crippen LogP contribution in [0.1, 0.15) is 18.5 Å². The Hall–Kier alpha value is -0.330. The molecule has 2 atom stereocenters. The highest BCUT2D eigenvalue weighted by Crippen LogP contribution is 2.37. The van der Waals surface area contributed by atoms with Crippen molar-refractivity contribution in [2.45, 2.75) is 19.0 Å². The molecule has 1 saturated heterocycles. The molecule has 0 aromatic carbocycles. The van der Waals surface area contributed by atoms with Crippen molar-refractivity contribution in [2.24, 2.45) is 5.73 Å². The molecule has 1 aromatic heterocycles. The van der Waals surface area contributed by atoms with Gasteiger partial charge in [-0.1, -0.05) is 23.2 Å². The number of amides is 1. The van der Waals surface area contributed by atoms with Crippen LogP contribution in [-0.2, 0) is 4.79 Å². The van der Waals surface area contributed by atoms with Crippen LogP contribution in [-0.4, -0.2) is 36.5 Å². The predicted octanol–water partition coefficient (Wildman–Crippen LogP) is 1.88. The Balaban J connectivity index is 2.23. The molecule has 2 unspecified atom stereocenters. The fraction of sp³-hybridized carbons (Fsp3) is 0.545. The molecule has 1 aliphatic rings. The van der Waals surface area contributed by atoms with Gasteiger partial charge < -0.3 is 11.1 Å². The molecule has 2 rings (SSSR count). The van der Waals surface area contributed by atoms with Crippen LogP contribution in [0.15, 0.2) is 6.07 Å². The number of thiophene rings is 1. The molecule has 0 aliphatic carbocycles. The van der Waals surface area contributed by atoms with Gasteiger partial charge in [-0.2, -0.15) is 0 Å². The summed E-state index contributed by atoms with van der Waals surface area (Å²) in [6, 6.07) is 1.59. The first kappa shape index (κ1) is 14.1. The average Bonchev–Trinajstić information content (AvgIpc) is 2.67. The Morgan fingerprint density at radius 2 is 2.39 bits per heavy atom. The summed E-state index contributed by atoms with van der Waals surface area (Å²) in [7, 11) is 0. The van der Waals surface area contributed by atoms with Crippen molar-refractivity contribution in [3.8, 4) is 0 Å². The van der Waals surface area contributed by atoms with Gasteiger partial charge in [0.15, 0.2) is 0 Å². The number of hydrogen-bond donors (Lipinski definition) is 2. The summed E-state index contributed by atoms with van der Waals surface area (Å²) in [5.74, 6) is -0.313. The summed E-state index contributed by atoms with van der Waals surface area (Å²) in [4.78, 5) is 13.5. The summed E-state index contributed by atoms with van der Waals surface area (Å²) in [5.41, 5.74) is 6.40. The highest BCUT2D eigenvalue weighted by molar-refractivity contribution is 7.20. The lowest BCUT2D eigenvalue weighted by Gasteiger charge is -2.38. The minimum Gasteiger partial charge on any atom is -0.368 e. The first-order valence-electron chi connectivity index (χ1n) is 5.71. The smallest absolute Gasteiger partial charge is 0.236 e. The maximum absolute atomic E-state index is 11.5. The third kappa shape index (κ3) is 2.81. The van der Waals surface area contributed by atoms with Gasteiger partial charge in [-0.25, -0.2) is 0 Å². The molecule has 2 heterocycles.